The molecule has 0 spiro atoms. The molecule has 120 valence electrons. The summed E-state index contributed by atoms with van der Waals surface area (Å²) in [5, 5.41) is 8.83. The molecule has 6 nitrogen and oxygen atoms in total. The van der Waals surface area contributed by atoms with E-state index in [0.717, 1.165) is 32.3 Å². The van der Waals surface area contributed by atoms with Gasteiger partial charge in [0, 0.05) is 25.9 Å². The van der Waals surface area contributed by atoms with Crippen LogP contribution in [0, 0.1) is 0 Å². The molecule has 0 unspecified atom stereocenters. The lowest BCUT2D eigenvalue weighted by molar-refractivity contribution is 0.0432. The van der Waals surface area contributed by atoms with E-state index in [-0.39, 0.29) is 17.7 Å². The molecule has 2 rings (SSSR count). The Morgan fingerprint density at radius 2 is 2.18 bits per heavy atom. The Morgan fingerprint density at radius 1 is 1.36 bits per heavy atom. The van der Waals surface area contributed by atoms with E-state index in [9.17, 15) is 9.59 Å². The summed E-state index contributed by atoms with van der Waals surface area (Å²) in [7, 11) is 0. The highest BCUT2D eigenvalue weighted by molar-refractivity contribution is 5.94. The van der Waals surface area contributed by atoms with Crippen molar-refractivity contribution >= 4 is 11.9 Å². The maximum absolute atomic E-state index is 12.5. The summed E-state index contributed by atoms with van der Waals surface area (Å²) in [6, 6.07) is 2.88. The monoisotopic (exact) mass is 306 g/mol. The second-order valence-electron chi connectivity index (χ2n) is 5.45. The van der Waals surface area contributed by atoms with Crippen LogP contribution in [0.5, 0.6) is 0 Å². The number of hydrogen-bond acceptors (Lipinski definition) is 4. The highest BCUT2D eigenvalue weighted by atomic mass is 16.5. The molecule has 2 heterocycles. The number of rotatable bonds is 5. The van der Waals surface area contributed by atoms with Gasteiger partial charge in [0.05, 0.1) is 11.7 Å². The van der Waals surface area contributed by atoms with Gasteiger partial charge in [0.1, 0.15) is 5.69 Å². The van der Waals surface area contributed by atoms with Crippen LogP contribution in [0.2, 0.25) is 0 Å². The molecular weight excluding hydrogens is 284 g/mol. The standard InChI is InChI=1S/C16H22N2O4/c1-2-10-22-13-4-3-8-18(9-7-13)15(19)12-5-6-14(16(20)21)17-11-12/h5-6,11,13H,2-4,7-10H2,1H3,(H,20,21)/t13-/m0/s1. The van der Waals surface area contributed by atoms with Crippen LogP contribution in [-0.2, 0) is 4.74 Å². The smallest absolute Gasteiger partial charge is 0.354 e. The summed E-state index contributed by atoms with van der Waals surface area (Å²) < 4.78 is 5.77. The number of carboxylic acids is 1. The zero-order chi connectivity index (χ0) is 15.9. The predicted octanol–water partition coefficient (Wildman–Crippen LogP) is 2.20. The number of aromatic carboxylic acids is 1. The third kappa shape index (κ3) is 4.27. The molecule has 6 heteroatoms. The maximum atomic E-state index is 12.5. The van der Waals surface area contributed by atoms with Crippen LogP contribution in [0.4, 0.5) is 0 Å². The van der Waals surface area contributed by atoms with E-state index in [1.807, 2.05) is 0 Å². The molecule has 1 fully saturated rings. The molecule has 0 bridgehead atoms. The zero-order valence-electron chi connectivity index (χ0n) is 12.8. The second-order valence-corrected chi connectivity index (χ2v) is 5.45. The molecule has 0 aromatic carbocycles. The lowest BCUT2D eigenvalue weighted by atomic mass is 10.1. The van der Waals surface area contributed by atoms with E-state index in [2.05, 4.69) is 11.9 Å². The van der Waals surface area contributed by atoms with Crippen LogP contribution in [0.3, 0.4) is 0 Å². The van der Waals surface area contributed by atoms with Gasteiger partial charge in [-0.1, -0.05) is 6.92 Å². The average Bonchev–Trinajstić information content (AvgIpc) is 2.78. The number of ether oxygens (including phenoxy) is 1. The summed E-state index contributed by atoms with van der Waals surface area (Å²) in [4.78, 5) is 28.8. The Hall–Kier alpha value is -1.95. The van der Waals surface area contributed by atoms with Gasteiger partial charge in [-0.15, -0.1) is 0 Å². The van der Waals surface area contributed by atoms with E-state index in [4.69, 9.17) is 9.84 Å². The van der Waals surface area contributed by atoms with Crippen molar-refractivity contribution in [1.29, 1.82) is 0 Å². The highest BCUT2D eigenvalue weighted by Gasteiger charge is 2.22. The molecule has 0 saturated carbocycles. The highest BCUT2D eigenvalue weighted by Crippen LogP contribution is 2.16. The number of likely N-dealkylation sites (tertiary alicyclic amines) is 1. The summed E-state index contributed by atoms with van der Waals surface area (Å²) in [6.45, 7) is 4.21. The number of carbonyl (C=O) groups is 2. The number of pyridine rings is 1. The number of nitrogens with zero attached hydrogens (tertiary/aromatic N) is 2. The van der Waals surface area contributed by atoms with E-state index >= 15 is 0 Å². The maximum Gasteiger partial charge on any atom is 0.354 e. The topological polar surface area (TPSA) is 79.7 Å². The van der Waals surface area contributed by atoms with E-state index in [1.165, 1.54) is 18.3 Å². The van der Waals surface area contributed by atoms with Gasteiger partial charge < -0.3 is 14.7 Å². The first-order valence-electron chi connectivity index (χ1n) is 7.72. The largest absolute Gasteiger partial charge is 0.477 e. The van der Waals surface area contributed by atoms with E-state index in [0.29, 0.717) is 18.7 Å². The molecule has 1 amide bonds. The van der Waals surface area contributed by atoms with Crippen molar-refractivity contribution in [2.45, 2.75) is 38.7 Å². The van der Waals surface area contributed by atoms with Crippen molar-refractivity contribution in [3.8, 4) is 0 Å². The van der Waals surface area contributed by atoms with Crippen LogP contribution >= 0.6 is 0 Å². The first-order chi connectivity index (χ1) is 10.6. The third-order valence-corrected chi connectivity index (χ3v) is 3.75. The molecule has 1 N–H and O–H groups in total. The predicted molar refractivity (Wildman–Crippen MR) is 81.0 cm³/mol. The van der Waals surface area contributed by atoms with Crippen molar-refractivity contribution in [3.05, 3.63) is 29.6 Å². The van der Waals surface area contributed by atoms with Gasteiger partial charge in [-0.05, 0) is 37.8 Å². The Bertz CT molecular complexity index is 515. The van der Waals surface area contributed by atoms with Gasteiger partial charge in [0.2, 0.25) is 0 Å². The quantitative estimate of drug-likeness (QED) is 0.902. The molecule has 22 heavy (non-hydrogen) atoms. The molecule has 1 aliphatic heterocycles. The zero-order valence-corrected chi connectivity index (χ0v) is 12.8. The first-order valence-corrected chi connectivity index (χ1v) is 7.72. The van der Waals surface area contributed by atoms with Crippen LogP contribution in [0.1, 0.15) is 53.5 Å². The molecule has 1 aromatic heterocycles. The summed E-state index contributed by atoms with van der Waals surface area (Å²) in [5.41, 5.74) is 0.373. The first kappa shape index (κ1) is 16.4. The van der Waals surface area contributed by atoms with Crippen molar-refractivity contribution in [1.82, 2.24) is 9.88 Å². The molecule has 0 radical (unpaired) electrons. The van der Waals surface area contributed by atoms with Crippen LogP contribution in [0.15, 0.2) is 18.3 Å². The minimum absolute atomic E-state index is 0.0551. The Kier molecular flexibility index (Phi) is 5.89. The number of amides is 1. The summed E-state index contributed by atoms with van der Waals surface area (Å²) >= 11 is 0. The molecular formula is C16H22N2O4. The average molecular weight is 306 g/mol. The number of hydrogen-bond donors (Lipinski definition) is 1. The van der Waals surface area contributed by atoms with Crippen LogP contribution in [-0.4, -0.2) is 52.7 Å². The lowest BCUT2D eigenvalue weighted by Crippen LogP contribution is -2.32. The molecule has 0 aliphatic carbocycles. The van der Waals surface area contributed by atoms with Gasteiger partial charge in [0.25, 0.3) is 5.91 Å². The van der Waals surface area contributed by atoms with Crippen LogP contribution < -0.4 is 0 Å². The van der Waals surface area contributed by atoms with Crippen molar-refractivity contribution in [2.24, 2.45) is 0 Å². The Morgan fingerprint density at radius 3 is 2.82 bits per heavy atom. The van der Waals surface area contributed by atoms with Gasteiger partial charge in [-0.25, -0.2) is 9.78 Å². The van der Waals surface area contributed by atoms with Gasteiger partial charge in [-0.3, -0.25) is 4.79 Å². The third-order valence-electron chi connectivity index (χ3n) is 3.75. The SMILES string of the molecule is CCCO[C@H]1CCCN(C(=O)c2ccc(C(=O)O)nc2)CC1. The second kappa shape index (κ2) is 7.89. The summed E-state index contributed by atoms with van der Waals surface area (Å²) in [6.07, 6.45) is 5.29. The number of aromatic nitrogens is 1. The fraction of sp³-hybridized carbons (Fsp3) is 0.562. The van der Waals surface area contributed by atoms with Crippen molar-refractivity contribution in [2.75, 3.05) is 19.7 Å². The number of carboxylic acid groups (broad SMARTS) is 1. The van der Waals surface area contributed by atoms with E-state index in [1.54, 1.807) is 4.90 Å². The molecule has 1 aliphatic rings. The normalized spacial score (nSPS) is 18.8. The lowest BCUT2D eigenvalue weighted by Gasteiger charge is -2.20. The van der Waals surface area contributed by atoms with Gasteiger partial charge >= 0.3 is 5.97 Å². The van der Waals surface area contributed by atoms with Gasteiger partial charge in [-0.2, -0.15) is 0 Å². The Labute approximate surface area is 130 Å². The minimum atomic E-state index is -1.09. The summed E-state index contributed by atoms with van der Waals surface area (Å²) in [5.74, 6) is -1.19. The minimum Gasteiger partial charge on any atom is -0.477 e. The molecule has 1 aromatic rings. The fourth-order valence-electron chi connectivity index (χ4n) is 2.55. The Balaban J connectivity index is 1.96. The molecule has 1 atom stereocenters. The van der Waals surface area contributed by atoms with Crippen LogP contribution in [0.25, 0.3) is 0 Å². The van der Waals surface area contributed by atoms with Crippen molar-refractivity contribution < 1.29 is 19.4 Å². The van der Waals surface area contributed by atoms with Gasteiger partial charge in [0.15, 0.2) is 0 Å². The fourth-order valence-corrected chi connectivity index (χ4v) is 2.55. The number of carbonyl (C=O) groups excluding carboxylic acids is 1. The van der Waals surface area contributed by atoms with E-state index < -0.39 is 5.97 Å². The molecule has 1 saturated heterocycles. The van der Waals surface area contributed by atoms with Crippen molar-refractivity contribution in [3.63, 3.8) is 0 Å².